The fraction of sp³-hybridized carbons (Fsp3) is 0.533. The van der Waals surface area contributed by atoms with Crippen LogP contribution in [0.5, 0.6) is 11.5 Å². The van der Waals surface area contributed by atoms with Gasteiger partial charge in [0.2, 0.25) is 5.91 Å². The Balaban J connectivity index is 2.02. The molecule has 116 valence electrons. The fourth-order valence-electron chi connectivity index (χ4n) is 2.08. The second-order valence-electron chi connectivity index (χ2n) is 4.95. The zero-order chi connectivity index (χ0) is 15.2. The van der Waals surface area contributed by atoms with Crippen LogP contribution in [0.4, 0.5) is 0 Å². The second kappa shape index (κ2) is 7.52. The van der Waals surface area contributed by atoms with E-state index in [-0.39, 0.29) is 11.9 Å². The SMILES string of the molecule is CCNC(=O)C(C)NCc1cc(Cl)c2c(c1)OCCCO2. The molecule has 1 unspecified atom stereocenters. The largest absolute Gasteiger partial charge is 0.489 e. The number of nitrogens with one attached hydrogen (secondary N) is 2. The minimum atomic E-state index is -0.264. The molecular formula is C15H21ClN2O3. The van der Waals surface area contributed by atoms with Crippen molar-refractivity contribution in [3.63, 3.8) is 0 Å². The molecule has 0 bridgehead atoms. The summed E-state index contributed by atoms with van der Waals surface area (Å²) in [4.78, 5) is 11.7. The lowest BCUT2D eigenvalue weighted by Crippen LogP contribution is -2.41. The van der Waals surface area contributed by atoms with Crippen molar-refractivity contribution >= 4 is 17.5 Å². The van der Waals surface area contributed by atoms with Gasteiger partial charge in [0.25, 0.3) is 0 Å². The Morgan fingerprint density at radius 1 is 1.38 bits per heavy atom. The number of halogens is 1. The number of ether oxygens (including phenoxy) is 2. The highest BCUT2D eigenvalue weighted by molar-refractivity contribution is 6.32. The van der Waals surface area contributed by atoms with Gasteiger partial charge in [0, 0.05) is 19.5 Å². The second-order valence-corrected chi connectivity index (χ2v) is 5.36. The first kappa shape index (κ1) is 15.9. The average molecular weight is 313 g/mol. The predicted octanol–water partition coefficient (Wildman–Crippen LogP) is 2.12. The maximum Gasteiger partial charge on any atom is 0.236 e. The first-order valence-electron chi connectivity index (χ1n) is 7.21. The molecular weight excluding hydrogens is 292 g/mol. The average Bonchev–Trinajstić information content (AvgIpc) is 2.70. The highest BCUT2D eigenvalue weighted by atomic mass is 35.5. The Hall–Kier alpha value is -1.46. The van der Waals surface area contributed by atoms with Crippen molar-refractivity contribution in [3.05, 3.63) is 22.7 Å². The lowest BCUT2D eigenvalue weighted by atomic mass is 10.2. The zero-order valence-corrected chi connectivity index (χ0v) is 13.1. The van der Waals surface area contributed by atoms with Crippen LogP contribution in [0.15, 0.2) is 12.1 Å². The van der Waals surface area contributed by atoms with Gasteiger partial charge in [-0.1, -0.05) is 11.6 Å². The Labute approximate surface area is 130 Å². The van der Waals surface area contributed by atoms with Gasteiger partial charge >= 0.3 is 0 Å². The first-order valence-corrected chi connectivity index (χ1v) is 7.58. The number of hydrogen-bond acceptors (Lipinski definition) is 4. The molecule has 0 saturated carbocycles. The topological polar surface area (TPSA) is 59.6 Å². The quantitative estimate of drug-likeness (QED) is 0.874. The molecule has 0 spiro atoms. The number of rotatable bonds is 5. The van der Waals surface area contributed by atoms with Gasteiger partial charge in [0.1, 0.15) is 0 Å². The van der Waals surface area contributed by atoms with Gasteiger partial charge in [-0.2, -0.15) is 0 Å². The minimum Gasteiger partial charge on any atom is -0.489 e. The molecule has 0 saturated heterocycles. The highest BCUT2D eigenvalue weighted by Crippen LogP contribution is 2.37. The van der Waals surface area contributed by atoms with Crippen molar-refractivity contribution < 1.29 is 14.3 Å². The standard InChI is InChI=1S/C15H21ClN2O3/c1-3-17-15(19)10(2)18-9-11-7-12(16)14-13(8-11)20-5-4-6-21-14/h7-8,10,18H,3-6,9H2,1-2H3,(H,17,19). The van der Waals surface area contributed by atoms with Gasteiger partial charge in [0.15, 0.2) is 11.5 Å². The monoisotopic (exact) mass is 312 g/mol. The molecule has 0 fully saturated rings. The maximum atomic E-state index is 11.7. The van der Waals surface area contributed by atoms with Crippen LogP contribution in [0.25, 0.3) is 0 Å². The number of hydrogen-bond donors (Lipinski definition) is 2. The fourth-order valence-corrected chi connectivity index (χ4v) is 2.37. The van der Waals surface area contributed by atoms with Gasteiger partial charge in [-0.3, -0.25) is 4.79 Å². The summed E-state index contributed by atoms with van der Waals surface area (Å²) in [5, 5.41) is 6.48. The number of likely N-dealkylation sites (N-methyl/N-ethyl adjacent to an activating group) is 1. The summed E-state index contributed by atoms with van der Waals surface area (Å²) in [5.41, 5.74) is 0.959. The Bertz CT molecular complexity index is 508. The van der Waals surface area contributed by atoms with E-state index in [9.17, 15) is 4.79 Å². The summed E-state index contributed by atoms with van der Waals surface area (Å²) in [7, 11) is 0. The number of amides is 1. The molecule has 5 nitrogen and oxygen atoms in total. The van der Waals surface area contributed by atoms with Crippen LogP contribution in [0.1, 0.15) is 25.8 Å². The summed E-state index contributed by atoms with van der Waals surface area (Å²) in [5.74, 6) is 1.26. The summed E-state index contributed by atoms with van der Waals surface area (Å²) >= 11 is 6.24. The van der Waals surface area contributed by atoms with Crippen LogP contribution in [0, 0.1) is 0 Å². The summed E-state index contributed by atoms with van der Waals surface area (Å²) in [6.45, 7) is 6.12. The third-order valence-electron chi connectivity index (χ3n) is 3.22. The number of fused-ring (bicyclic) bond motifs is 1. The summed E-state index contributed by atoms with van der Waals surface area (Å²) < 4.78 is 11.2. The van der Waals surface area contributed by atoms with Crippen molar-refractivity contribution in [2.45, 2.75) is 32.9 Å². The lowest BCUT2D eigenvalue weighted by Gasteiger charge is -2.15. The highest BCUT2D eigenvalue weighted by Gasteiger charge is 2.16. The van der Waals surface area contributed by atoms with E-state index >= 15 is 0 Å². The molecule has 1 amide bonds. The Kier molecular flexibility index (Phi) is 5.70. The number of benzene rings is 1. The van der Waals surface area contributed by atoms with Gasteiger partial charge in [0.05, 0.1) is 24.3 Å². The predicted molar refractivity (Wildman–Crippen MR) is 82.0 cm³/mol. The molecule has 1 atom stereocenters. The minimum absolute atomic E-state index is 0.0158. The van der Waals surface area contributed by atoms with Gasteiger partial charge in [-0.25, -0.2) is 0 Å². The van der Waals surface area contributed by atoms with E-state index in [0.717, 1.165) is 12.0 Å². The Morgan fingerprint density at radius 2 is 2.14 bits per heavy atom. The van der Waals surface area contributed by atoms with Crippen molar-refractivity contribution in [1.82, 2.24) is 10.6 Å². The van der Waals surface area contributed by atoms with Crippen LogP contribution in [-0.2, 0) is 11.3 Å². The molecule has 6 heteroatoms. The van der Waals surface area contributed by atoms with E-state index < -0.39 is 0 Å². The van der Waals surface area contributed by atoms with E-state index in [1.807, 2.05) is 26.0 Å². The van der Waals surface area contributed by atoms with Crippen LogP contribution in [0.3, 0.4) is 0 Å². The lowest BCUT2D eigenvalue weighted by molar-refractivity contribution is -0.122. The molecule has 1 aliphatic heterocycles. The van der Waals surface area contributed by atoms with Crippen molar-refractivity contribution in [1.29, 1.82) is 0 Å². The molecule has 1 heterocycles. The molecule has 1 aromatic carbocycles. The van der Waals surface area contributed by atoms with Gasteiger partial charge in [-0.15, -0.1) is 0 Å². The third kappa shape index (κ3) is 4.25. The van der Waals surface area contributed by atoms with Crippen LogP contribution < -0.4 is 20.1 Å². The first-order chi connectivity index (χ1) is 10.1. The molecule has 1 aromatic rings. The summed E-state index contributed by atoms with van der Waals surface area (Å²) in [6, 6.07) is 3.48. The third-order valence-corrected chi connectivity index (χ3v) is 3.50. The van der Waals surface area contributed by atoms with Gasteiger partial charge < -0.3 is 20.1 Å². The number of carbonyl (C=O) groups excluding carboxylic acids is 1. The van der Waals surface area contributed by atoms with Gasteiger partial charge in [-0.05, 0) is 31.5 Å². The molecule has 2 N–H and O–H groups in total. The molecule has 1 aliphatic rings. The van der Waals surface area contributed by atoms with E-state index in [2.05, 4.69) is 10.6 Å². The van der Waals surface area contributed by atoms with Crippen molar-refractivity contribution in [2.75, 3.05) is 19.8 Å². The van der Waals surface area contributed by atoms with E-state index in [4.69, 9.17) is 21.1 Å². The number of carbonyl (C=O) groups is 1. The van der Waals surface area contributed by atoms with E-state index in [1.54, 1.807) is 0 Å². The van der Waals surface area contributed by atoms with Crippen LogP contribution >= 0.6 is 11.6 Å². The normalized spacial score (nSPS) is 15.2. The molecule has 0 aromatic heterocycles. The molecule has 0 aliphatic carbocycles. The van der Waals surface area contributed by atoms with E-state index in [1.165, 1.54) is 0 Å². The van der Waals surface area contributed by atoms with Crippen molar-refractivity contribution in [2.24, 2.45) is 0 Å². The molecule has 2 rings (SSSR count). The molecule has 0 radical (unpaired) electrons. The van der Waals surface area contributed by atoms with Crippen molar-refractivity contribution in [3.8, 4) is 11.5 Å². The summed E-state index contributed by atoms with van der Waals surface area (Å²) in [6.07, 6.45) is 0.840. The van der Waals surface area contributed by atoms with Crippen LogP contribution in [-0.4, -0.2) is 31.7 Å². The maximum absolute atomic E-state index is 11.7. The van der Waals surface area contributed by atoms with E-state index in [0.29, 0.717) is 42.8 Å². The van der Waals surface area contributed by atoms with Crippen LogP contribution in [0.2, 0.25) is 5.02 Å². The smallest absolute Gasteiger partial charge is 0.236 e. The zero-order valence-electron chi connectivity index (χ0n) is 12.4. The Morgan fingerprint density at radius 3 is 2.90 bits per heavy atom. The molecule has 21 heavy (non-hydrogen) atoms.